The van der Waals surface area contributed by atoms with Gasteiger partial charge in [0, 0.05) is 24.0 Å². The van der Waals surface area contributed by atoms with Gasteiger partial charge in [0.1, 0.15) is 12.4 Å². The number of hydrogen-bond acceptors (Lipinski definition) is 4. The molecule has 0 spiro atoms. The van der Waals surface area contributed by atoms with E-state index in [1.807, 2.05) is 9.80 Å². The van der Waals surface area contributed by atoms with Gasteiger partial charge in [-0.1, -0.05) is 20.3 Å². The Morgan fingerprint density at radius 2 is 1.96 bits per heavy atom. The highest BCUT2D eigenvalue weighted by atomic mass is 32.2. The Balaban J connectivity index is 1.49. The summed E-state index contributed by atoms with van der Waals surface area (Å²) in [6.07, 6.45) is 2.37. The average Bonchev–Trinajstić information content (AvgIpc) is 3.08. The van der Waals surface area contributed by atoms with Crippen LogP contribution >= 0.6 is 11.8 Å². The summed E-state index contributed by atoms with van der Waals surface area (Å²) in [4.78, 5) is 29.3. The quantitative estimate of drug-likeness (QED) is 0.689. The summed E-state index contributed by atoms with van der Waals surface area (Å²) in [6, 6.07) is 6.47. The van der Waals surface area contributed by atoms with Gasteiger partial charge in [0.15, 0.2) is 0 Å². The second-order valence-corrected chi connectivity index (χ2v) is 8.34. The van der Waals surface area contributed by atoms with E-state index in [2.05, 4.69) is 13.8 Å². The lowest BCUT2D eigenvalue weighted by Gasteiger charge is -2.39. The van der Waals surface area contributed by atoms with Crippen LogP contribution in [-0.4, -0.2) is 59.3 Å². The number of benzene rings is 1. The molecule has 2 aliphatic rings. The number of halogens is 1. The third-order valence-electron chi connectivity index (χ3n) is 5.63. The van der Waals surface area contributed by atoms with Gasteiger partial charge in [-0.05, 0) is 43.0 Å². The summed E-state index contributed by atoms with van der Waals surface area (Å²) in [5, 5.41) is 0. The molecular formula is C20H27FN2O3S. The van der Waals surface area contributed by atoms with Crippen LogP contribution in [0, 0.1) is 11.7 Å². The normalized spacial score (nSPS) is 22.0. The standard InChI is InChI=1S/C20H27FN2O3S/c1-3-14(2)18-12-26-20(25)23(18)16-8-10-22(11-9-16)19(24)13-27-17-6-4-15(21)5-7-17/h4-7,14,16,18H,3,8-13H2,1-2H3/t14-,18-/m0/s1. The fourth-order valence-electron chi connectivity index (χ4n) is 3.74. The fourth-order valence-corrected chi connectivity index (χ4v) is 4.54. The van der Waals surface area contributed by atoms with Crippen LogP contribution in [0.5, 0.6) is 0 Å². The maximum absolute atomic E-state index is 12.9. The second kappa shape index (κ2) is 8.95. The lowest BCUT2D eigenvalue weighted by Crippen LogP contribution is -2.51. The monoisotopic (exact) mass is 394 g/mol. The van der Waals surface area contributed by atoms with E-state index in [1.165, 1.54) is 23.9 Å². The Labute approximate surface area is 164 Å². The minimum absolute atomic E-state index is 0.0882. The molecule has 27 heavy (non-hydrogen) atoms. The number of rotatable bonds is 6. The van der Waals surface area contributed by atoms with Crippen molar-refractivity contribution in [3.8, 4) is 0 Å². The van der Waals surface area contributed by atoms with Crippen molar-refractivity contribution in [3.05, 3.63) is 30.1 Å². The SMILES string of the molecule is CC[C@H](C)[C@@H]1COC(=O)N1C1CCN(C(=O)CSc2ccc(F)cc2)CC1. The van der Waals surface area contributed by atoms with Crippen LogP contribution in [0.25, 0.3) is 0 Å². The minimum atomic E-state index is -0.274. The topological polar surface area (TPSA) is 49.9 Å². The minimum Gasteiger partial charge on any atom is -0.447 e. The number of hydrogen-bond donors (Lipinski definition) is 0. The first kappa shape index (κ1) is 20.0. The Hall–Kier alpha value is -1.76. The zero-order chi connectivity index (χ0) is 19.4. The Bertz CT molecular complexity index is 662. The predicted octanol–water partition coefficient (Wildman–Crippen LogP) is 3.78. The predicted molar refractivity (Wildman–Crippen MR) is 103 cm³/mol. The lowest BCUT2D eigenvalue weighted by molar-refractivity contribution is -0.129. The van der Waals surface area contributed by atoms with Gasteiger partial charge < -0.3 is 9.64 Å². The molecule has 2 atom stereocenters. The van der Waals surface area contributed by atoms with Gasteiger partial charge in [0.2, 0.25) is 5.91 Å². The number of carbonyl (C=O) groups excluding carboxylic acids is 2. The first-order chi connectivity index (χ1) is 13.0. The van der Waals surface area contributed by atoms with Crippen molar-refractivity contribution in [1.29, 1.82) is 0 Å². The third-order valence-corrected chi connectivity index (χ3v) is 6.63. The number of ether oxygens (including phenoxy) is 1. The molecule has 0 N–H and O–H groups in total. The van der Waals surface area contributed by atoms with Crippen LogP contribution in [0.1, 0.15) is 33.1 Å². The highest BCUT2D eigenvalue weighted by Gasteiger charge is 2.41. The van der Waals surface area contributed by atoms with Crippen LogP contribution in [0.15, 0.2) is 29.2 Å². The zero-order valence-electron chi connectivity index (χ0n) is 15.9. The molecular weight excluding hydrogens is 367 g/mol. The number of piperidine rings is 1. The summed E-state index contributed by atoms with van der Waals surface area (Å²) in [7, 11) is 0. The van der Waals surface area contributed by atoms with Crippen LogP contribution in [0.4, 0.5) is 9.18 Å². The number of cyclic esters (lactones) is 1. The molecule has 5 nitrogen and oxygen atoms in total. The van der Waals surface area contributed by atoms with Crippen LogP contribution < -0.4 is 0 Å². The second-order valence-electron chi connectivity index (χ2n) is 7.29. The number of carbonyl (C=O) groups is 2. The van der Waals surface area contributed by atoms with Gasteiger partial charge in [-0.3, -0.25) is 9.69 Å². The summed E-state index contributed by atoms with van der Waals surface area (Å²) < 4.78 is 18.2. The van der Waals surface area contributed by atoms with Crippen molar-refractivity contribution in [1.82, 2.24) is 9.80 Å². The number of thioether (sulfide) groups is 1. The Kier molecular flexibility index (Phi) is 6.63. The van der Waals surface area contributed by atoms with E-state index in [0.717, 1.165) is 24.2 Å². The van der Waals surface area contributed by atoms with Crippen molar-refractivity contribution in [3.63, 3.8) is 0 Å². The molecule has 148 valence electrons. The summed E-state index contributed by atoms with van der Waals surface area (Å²) in [5.41, 5.74) is 0. The van der Waals surface area contributed by atoms with Gasteiger partial charge >= 0.3 is 6.09 Å². The number of likely N-dealkylation sites (tertiary alicyclic amines) is 1. The van der Waals surface area contributed by atoms with Gasteiger partial charge in [-0.2, -0.15) is 0 Å². The van der Waals surface area contributed by atoms with E-state index < -0.39 is 0 Å². The van der Waals surface area contributed by atoms with Crippen molar-refractivity contribution in [2.75, 3.05) is 25.4 Å². The number of nitrogens with zero attached hydrogens (tertiary/aromatic N) is 2. The third kappa shape index (κ3) is 4.75. The summed E-state index contributed by atoms with van der Waals surface area (Å²) in [5.74, 6) is 0.565. The molecule has 2 saturated heterocycles. The summed E-state index contributed by atoms with van der Waals surface area (Å²) >= 11 is 1.42. The van der Waals surface area contributed by atoms with Crippen LogP contribution in [0.3, 0.4) is 0 Å². The summed E-state index contributed by atoms with van der Waals surface area (Å²) in [6.45, 7) is 6.08. The lowest BCUT2D eigenvalue weighted by atomic mass is 9.95. The number of amides is 2. The largest absolute Gasteiger partial charge is 0.447 e. The first-order valence-electron chi connectivity index (χ1n) is 9.60. The molecule has 1 aromatic carbocycles. The maximum Gasteiger partial charge on any atom is 0.410 e. The van der Waals surface area contributed by atoms with Crippen molar-refractivity contribution in [2.24, 2.45) is 5.92 Å². The highest BCUT2D eigenvalue weighted by Crippen LogP contribution is 2.29. The molecule has 0 aromatic heterocycles. The Morgan fingerprint density at radius 3 is 2.59 bits per heavy atom. The zero-order valence-corrected chi connectivity index (χ0v) is 16.7. The van der Waals surface area contributed by atoms with Gasteiger partial charge in [0.05, 0.1) is 11.8 Å². The fraction of sp³-hybridized carbons (Fsp3) is 0.600. The molecule has 0 unspecified atom stereocenters. The maximum atomic E-state index is 12.9. The van der Waals surface area contributed by atoms with Crippen molar-refractivity contribution >= 4 is 23.8 Å². The molecule has 1 aromatic rings. The van der Waals surface area contributed by atoms with E-state index >= 15 is 0 Å². The van der Waals surface area contributed by atoms with E-state index in [4.69, 9.17) is 4.74 Å². The van der Waals surface area contributed by atoms with Crippen LogP contribution in [-0.2, 0) is 9.53 Å². The molecule has 0 bridgehead atoms. The molecule has 0 radical (unpaired) electrons. The Morgan fingerprint density at radius 1 is 1.30 bits per heavy atom. The first-order valence-corrected chi connectivity index (χ1v) is 10.6. The van der Waals surface area contributed by atoms with Crippen molar-refractivity contribution < 1.29 is 18.7 Å². The molecule has 2 fully saturated rings. The average molecular weight is 395 g/mol. The molecule has 7 heteroatoms. The molecule has 0 saturated carbocycles. The van der Waals surface area contributed by atoms with Gasteiger partial charge in [0.25, 0.3) is 0 Å². The van der Waals surface area contributed by atoms with Gasteiger partial charge in [-0.25, -0.2) is 9.18 Å². The highest BCUT2D eigenvalue weighted by molar-refractivity contribution is 8.00. The van der Waals surface area contributed by atoms with E-state index in [-0.39, 0.29) is 29.9 Å². The molecule has 2 amide bonds. The molecule has 2 aliphatic heterocycles. The van der Waals surface area contributed by atoms with E-state index in [0.29, 0.717) is 31.4 Å². The van der Waals surface area contributed by atoms with E-state index in [9.17, 15) is 14.0 Å². The van der Waals surface area contributed by atoms with E-state index in [1.54, 1.807) is 12.1 Å². The van der Waals surface area contributed by atoms with Crippen molar-refractivity contribution in [2.45, 2.75) is 50.1 Å². The van der Waals surface area contributed by atoms with Crippen LogP contribution in [0.2, 0.25) is 0 Å². The molecule has 2 heterocycles. The molecule has 0 aliphatic carbocycles. The van der Waals surface area contributed by atoms with Gasteiger partial charge in [-0.15, -0.1) is 11.8 Å². The molecule has 3 rings (SSSR count). The smallest absolute Gasteiger partial charge is 0.410 e.